The second kappa shape index (κ2) is 5.63. The lowest BCUT2D eigenvalue weighted by molar-refractivity contribution is 0.621. The molecule has 18 heavy (non-hydrogen) atoms. The minimum Gasteiger partial charge on any atom is -0.324 e. The topological polar surface area (TPSA) is 26.0 Å². The largest absolute Gasteiger partial charge is 0.324 e. The van der Waals surface area contributed by atoms with Crippen LogP contribution in [0.15, 0.2) is 46.9 Å². The zero-order chi connectivity index (χ0) is 13.1. The van der Waals surface area contributed by atoms with Crippen LogP contribution in [0.4, 0.5) is 4.39 Å². The summed E-state index contributed by atoms with van der Waals surface area (Å²) in [6.07, 6.45) is 0.613. The SMILES string of the molecule is Cc1cccc(C(N)Cc2cc(F)ccc2Br)c1. The van der Waals surface area contributed by atoms with E-state index in [4.69, 9.17) is 5.73 Å². The average molecular weight is 308 g/mol. The Hall–Kier alpha value is -1.19. The number of rotatable bonds is 3. The van der Waals surface area contributed by atoms with Crippen molar-refractivity contribution >= 4 is 15.9 Å². The first-order chi connectivity index (χ1) is 8.56. The minimum absolute atomic E-state index is 0.122. The molecule has 0 aliphatic carbocycles. The van der Waals surface area contributed by atoms with Crippen molar-refractivity contribution in [3.63, 3.8) is 0 Å². The molecule has 94 valence electrons. The molecule has 0 heterocycles. The molecule has 0 bridgehead atoms. The number of hydrogen-bond acceptors (Lipinski definition) is 1. The van der Waals surface area contributed by atoms with Gasteiger partial charge in [0.15, 0.2) is 0 Å². The van der Waals surface area contributed by atoms with E-state index in [9.17, 15) is 4.39 Å². The van der Waals surface area contributed by atoms with Crippen LogP contribution in [0.25, 0.3) is 0 Å². The summed E-state index contributed by atoms with van der Waals surface area (Å²) in [5.74, 6) is -0.232. The molecule has 0 aromatic heterocycles. The van der Waals surface area contributed by atoms with E-state index in [1.807, 2.05) is 25.1 Å². The Morgan fingerprint density at radius 3 is 2.72 bits per heavy atom. The van der Waals surface area contributed by atoms with Gasteiger partial charge in [-0.1, -0.05) is 45.8 Å². The van der Waals surface area contributed by atoms with Gasteiger partial charge in [0.2, 0.25) is 0 Å². The lowest BCUT2D eigenvalue weighted by Gasteiger charge is -2.14. The van der Waals surface area contributed by atoms with E-state index in [1.165, 1.54) is 17.7 Å². The molecular weight excluding hydrogens is 293 g/mol. The first kappa shape index (κ1) is 13.2. The zero-order valence-corrected chi connectivity index (χ0v) is 11.7. The monoisotopic (exact) mass is 307 g/mol. The molecule has 0 saturated heterocycles. The van der Waals surface area contributed by atoms with Crippen molar-refractivity contribution in [3.05, 3.63) is 69.4 Å². The second-order valence-electron chi connectivity index (χ2n) is 4.46. The van der Waals surface area contributed by atoms with Gasteiger partial charge in [0, 0.05) is 10.5 Å². The Morgan fingerprint density at radius 1 is 1.22 bits per heavy atom. The zero-order valence-electron chi connectivity index (χ0n) is 10.2. The van der Waals surface area contributed by atoms with Crippen LogP contribution < -0.4 is 5.73 Å². The number of aryl methyl sites for hydroxylation is 1. The normalized spacial score (nSPS) is 12.4. The van der Waals surface area contributed by atoms with Crippen molar-refractivity contribution < 1.29 is 4.39 Å². The highest BCUT2D eigenvalue weighted by Gasteiger charge is 2.10. The van der Waals surface area contributed by atoms with Crippen molar-refractivity contribution in [1.82, 2.24) is 0 Å². The van der Waals surface area contributed by atoms with E-state index in [1.54, 1.807) is 6.07 Å². The van der Waals surface area contributed by atoms with Crippen molar-refractivity contribution in [1.29, 1.82) is 0 Å². The molecule has 2 aromatic carbocycles. The number of nitrogens with two attached hydrogens (primary N) is 1. The summed E-state index contributed by atoms with van der Waals surface area (Å²) < 4.78 is 14.1. The Balaban J connectivity index is 2.21. The molecule has 0 radical (unpaired) electrons. The van der Waals surface area contributed by atoms with Gasteiger partial charge in [-0.05, 0) is 42.7 Å². The Morgan fingerprint density at radius 2 is 2.00 bits per heavy atom. The third kappa shape index (κ3) is 3.18. The molecule has 0 spiro atoms. The fourth-order valence-corrected chi connectivity index (χ4v) is 2.36. The highest BCUT2D eigenvalue weighted by Crippen LogP contribution is 2.23. The van der Waals surface area contributed by atoms with Crippen LogP contribution in [-0.4, -0.2) is 0 Å². The van der Waals surface area contributed by atoms with Crippen LogP contribution in [0.1, 0.15) is 22.7 Å². The van der Waals surface area contributed by atoms with E-state index >= 15 is 0 Å². The van der Waals surface area contributed by atoms with Crippen molar-refractivity contribution in [2.75, 3.05) is 0 Å². The van der Waals surface area contributed by atoms with E-state index in [0.717, 1.165) is 15.6 Å². The predicted molar refractivity (Wildman–Crippen MR) is 75.9 cm³/mol. The van der Waals surface area contributed by atoms with Gasteiger partial charge in [0.25, 0.3) is 0 Å². The summed E-state index contributed by atoms with van der Waals surface area (Å²) in [6, 6.07) is 12.7. The summed E-state index contributed by atoms with van der Waals surface area (Å²) >= 11 is 3.42. The molecule has 1 nitrogen and oxygen atoms in total. The summed E-state index contributed by atoms with van der Waals surface area (Å²) in [5, 5.41) is 0. The maximum atomic E-state index is 13.2. The van der Waals surface area contributed by atoms with Crippen LogP contribution in [0.2, 0.25) is 0 Å². The molecule has 0 amide bonds. The first-order valence-corrected chi connectivity index (χ1v) is 6.61. The quantitative estimate of drug-likeness (QED) is 0.906. The summed E-state index contributed by atoms with van der Waals surface area (Å²) in [6.45, 7) is 2.04. The van der Waals surface area contributed by atoms with Gasteiger partial charge in [-0.3, -0.25) is 0 Å². The van der Waals surface area contributed by atoms with Gasteiger partial charge in [-0.25, -0.2) is 4.39 Å². The predicted octanol–water partition coefficient (Wildman–Crippen LogP) is 4.14. The highest BCUT2D eigenvalue weighted by atomic mass is 79.9. The van der Waals surface area contributed by atoms with Crippen LogP contribution >= 0.6 is 15.9 Å². The van der Waals surface area contributed by atoms with Crippen LogP contribution in [0, 0.1) is 12.7 Å². The Bertz CT molecular complexity index is 554. The molecule has 0 fully saturated rings. The smallest absolute Gasteiger partial charge is 0.123 e. The third-order valence-electron chi connectivity index (χ3n) is 2.92. The van der Waals surface area contributed by atoms with E-state index in [-0.39, 0.29) is 11.9 Å². The van der Waals surface area contributed by atoms with E-state index < -0.39 is 0 Å². The first-order valence-electron chi connectivity index (χ1n) is 5.82. The van der Waals surface area contributed by atoms with Crippen LogP contribution in [0.5, 0.6) is 0 Å². The summed E-state index contributed by atoms with van der Waals surface area (Å²) in [5.41, 5.74) is 9.32. The molecule has 2 N–H and O–H groups in total. The van der Waals surface area contributed by atoms with E-state index in [2.05, 4.69) is 22.0 Å². The molecule has 1 atom stereocenters. The Labute approximate surface area is 115 Å². The minimum atomic E-state index is -0.232. The summed E-state index contributed by atoms with van der Waals surface area (Å²) in [4.78, 5) is 0. The maximum Gasteiger partial charge on any atom is 0.123 e. The molecule has 3 heteroatoms. The summed E-state index contributed by atoms with van der Waals surface area (Å²) in [7, 11) is 0. The number of hydrogen-bond donors (Lipinski definition) is 1. The van der Waals surface area contributed by atoms with E-state index in [0.29, 0.717) is 6.42 Å². The maximum absolute atomic E-state index is 13.2. The second-order valence-corrected chi connectivity index (χ2v) is 5.31. The number of benzene rings is 2. The standard InChI is InChI=1S/C15H15BrFN/c1-10-3-2-4-11(7-10)15(18)9-12-8-13(17)5-6-14(12)16/h2-8,15H,9,18H2,1H3. The molecule has 2 rings (SSSR count). The fraction of sp³-hybridized carbons (Fsp3) is 0.200. The van der Waals surface area contributed by atoms with Gasteiger partial charge in [0.05, 0.1) is 0 Å². The molecule has 0 saturated carbocycles. The van der Waals surface area contributed by atoms with Gasteiger partial charge in [-0.15, -0.1) is 0 Å². The van der Waals surface area contributed by atoms with Crippen molar-refractivity contribution in [2.45, 2.75) is 19.4 Å². The van der Waals surface area contributed by atoms with Crippen molar-refractivity contribution in [3.8, 4) is 0 Å². The molecule has 1 unspecified atom stereocenters. The number of halogens is 2. The molecule has 2 aromatic rings. The molecule has 0 aliphatic heterocycles. The van der Waals surface area contributed by atoms with Crippen LogP contribution in [0.3, 0.4) is 0 Å². The van der Waals surface area contributed by atoms with Crippen LogP contribution in [-0.2, 0) is 6.42 Å². The Kier molecular flexibility index (Phi) is 4.15. The van der Waals surface area contributed by atoms with Gasteiger partial charge < -0.3 is 5.73 Å². The third-order valence-corrected chi connectivity index (χ3v) is 3.69. The molecule has 0 aliphatic rings. The fourth-order valence-electron chi connectivity index (χ4n) is 1.96. The lowest BCUT2D eigenvalue weighted by atomic mass is 9.98. The highest BCUT2D eigenvalue weighted by molar-refractivity contribution is 9.10. The van der Waals surface area contributed by atoms with Gasteiger partial charge in [-0.2, -0.15) is 0 Å². The van der Waals surface area contributed by atoms with Gasteiger partial charge >= 0.3 is 0 Å². The lowest BCUT2D eigenvalue weighted by Crippen LogP contribution is -2.13. The van der Waals surface area contributed by atoms with Crippen molar-refractivity contribution in [2.24, 2.45) is 5.73 Å². The average Bonchev–Trinajstić information content (AvgIpc) is 2.34. The van der Waals surface area contributed by atoms with Gasteiger partial charge in [0.1, 0.15) is 5.82 Å². The molecular formula is C15H15BrFN.